The van der Waals surface area contributed by atoms with Gasteiger partial charge in [0.2, 0.25) is 5.95 Å². The van der Waals surface area contributed by atoms with Crippen molar-refractivity contribution in [2.24, 2.45) is 0 Å². The largest absolute Gasteiger partial charge is 0.420 e. The summed E-state index contributed by atoms with van der Waals surface area (Å²) in [6.07, 6.45) is -0.660. The van der Waals surface area contributed by atoms with E-state index < -0.39 is 22.5 Å². The van der Waals surface area contributed by atoms with Crippen LogP contribution >= 0.6 is 11.3 Å². The molecule has 3 aromatic rings. The lowest BCUT2D eigenvalue weighted by molar-refractivity contribution is -0.137. The number of thiophene rings is 1. The van der Waals surface area contributed by atoms with Crippen LogP contribution in [-0.2, 0) is 21.7 Å². The number of halogens is 3. The van der Waals surface area contributed by atoms with Gasteiger partial charge in [0, 0.05) is 55.0 Å². The van der Waals surface area contributed by atoms with Gasteiger partial charge in [-0.2, -0.15) is 13.2 Å². The van der Waals surface area contributed by atoms with E-state index in [9.17, 15) is 22.2 Å². The molecule has 5 aliphatic rings. The van der Waals surface area contributed by atoms with Crippen molar-refractivity contribution in [2.75, 3.05) is 55.9 Å². The Kier molecular flexibility index (Phi) is 6.78. The van der Waals surface area contributed by atoms with Crippen molar-refractivity contribution in [3.63, 3.8) is 0 Å². The summed E-state index contributed by atoms with van der Waals surface area (Å²) in [5, 5.41) is 3.21. The van der Waals surface area contributed by atoms with E-state index in [4.69, 9.17) is 4.74 Å². The number of ether oxygens (including phenoxy) is 1. The molecule has 4 aliphatic heterocycles. The lowest BCUT2D eigenvalue weighted by Gasteiger charge is -2.36. The first-order valence-electron chi connectivity index (χ1n) is 14.9. The Hall–Kier alpha value is -3.07. The summed E-state index contributed by atoms with van der Waals surface area (Å²) in [4.78, 5) is 28.9. The molecule has 1 aliphatic carbocycles. The Balaban J connectivity index is 1.13. The first kappa shape index (κ1) is 28.4. The van der Waals surface area contributed by atoms with Crippen LogP contribution in [0.3, 0.4) is 0 Å². The van der Waals surface area contributed by atoms with Crippen LogP contribution in [0.2, 0.25) is 0 Å². The number of anilines is 3. The molecule has 3 unspecified atom stereocenters. The third-order valence-electron chi connectivity index (χ3n) is 9.45. The average Bonchev–Trinajstić information content (AvgIpc) is 3.44. The lowest BCUT2D eigenvalue weighted by atomic mass is 10.1. The van der Waals surface area contributed by atoms with Crippen molar-refractivity contribution in [2.45, 2.75) is 54.4 Å². The minimum Gasteiger partial charge on any atom is -0.377 e. The van der Waals surface area contributed by atoms with Gasteiger partial charge in [0.15, 0.2) is 0 Å². The Morgan fingerprint density at radius 2 is 1.91 bits per heavy atom. The van der Waals surface area contributed by atoms with E-state index in [1.54, 1.807) is 4.90 Å². The van der Waals surface area contributed by atoms with Crippen LogP contribution in [-0.4, -0.2) is 93.7 Å². The summed E-state index contributed by atoms with van der Waals surface area (Å²) in [5.74, 6) is 0.299. The van der Waals surface area contributed by atoms with Gasteiger partial charge in [-0.1, -0.05) is 0 Å². The molecule has 1 saturated carbocycles. The van der Waals surface area contributed by atoms with Crippen molar-refractivity contribution in [1.82, 2.24) is 19.8 Å². The highest BCUT2D eigenvalue weighted by Crippen LogP contribution is 2.47. The van der Waals surface area contributed by atoms with E-state index in [1.165, 1.54) is 11.8 Å². The number of carbonyl (C=O) groups excluding carboxylic acids is 1. The van der Waals surface area contributed by atoms with Crippen LogP contribution in [0.15, 0.2) is 35.4 Å². The smallest absolute Gasteiger partial charge is 0.377 e. The Morgan fingerprint density at radius 3 is 2.57 bits per heavy atom. The summed E-state index contributed by atoms with van der Waals surface area (Å²) < 4.78 is 61.0. The molecule has 2 aromatic heterocycles. The average molecular weight is 645 g/mol. The predicted octanol–water partition coefficient (Wildman–Crippen LogP) is 4.70. The molecule has 2 bridgehead atoms. The zero-order valence-electron chi connectivity index (χ0n) is 24.0. The first-order chi connectivity index (χ1) is 21.1. The van der Waals surface area contributed by atoms with Gasteiger partial charge in [-0.05, 0) is 62.1 Å². The SMILES string of the molecule is CN1CC2CC1CN2c1ccc(Nc2ncc(C(F)(F)F)c(-c3cc4c(s3)C(=O)N(C3COC3)CCS4=O)n2)c(C2CC2)c1. The Labute approximate surface area is 258 Å². The van der Waals surface area contributed by atoms with Gasteiger partial charge in [0.05, 0.1) is 45.5 Å². The molecule has 3 saturated heterocycles. The van der Waals surface area contributed by atoms with Crippen LogP contribution in [0.5, 0.6) is 0 Å². The number of nitrogens with zero attached hydrogens (tertiary/aromatic N) is 5. The van der Waals surface area contributed by atoms with Gasteiger partial charge in [0.1, 0.15) is 10.4 Å². The fourth-order valence-corrected chi connectivity index (χ4v) is 9.42. The molecular formula is C30H31F3N6O3S2. The number of hydrogen-bond acceptors (Lipinski definition) is 9. The molecule has 232 valence electrons. The molecule has 1 N–H and O–H groups in total. The number of hydrogen-bond donors (Lipinski definition) is 1. The molecule has 6 heterocycles. The molecule has 1 amide bonds. The fraction of sp³-hybridized carbons (Fsp3) is 0.500. The molecule has 14 heteroatoms. The quantitative estimate of drug-likeness (QED) is 0.413. The third kappa shape index (κ3) is 4.90. The zero-order valence-corrected chi connectivity index (χ0v) is 25.6. The predicted molar refractivity (Wildman–Crippen MR) is 161 cm³/mol. The Bertz CT molecular complexity index is 1670. The molecule has 0 radical (unpaired) electrons. The van der Waals surface area contributed by atoms with E-state index >= 15 is 0 Å². The maximum atomic E-state index is 14.2. The molecule has 44 heavy (non-hydrogen) atoms. The maximum absolute atomic E-state index is 14.2. The summed E-state index contributed by atoms with van der Waals surface area (Å²) in [6, 6.07) is 8.63. The van der Waals surface area contributed by atoms with E-state index in [-0.39, 0.29) is 44.0 Å². The van der Waals surface area contributed by atoms with Gasteiger partial charge >= 0.3 is 6.18 Å². The van der Waals surface area contributed by atoms with Crippen molar-refractivity contribution in [3.8, 4) is 10.6 Å². The highest BCUT2D eigenvalue weighted by molar-refractivity contribution is 7.85. The van der Waals surface area contributed by atoms with E-state index in [1.807, 2.05) is 6.07 Å². The van der Waals surface area contributed by atoms with E-state index in [0.29, 0.717) is 37.8 Å². The summed E-state index contributed by atoms with van der Waals surface area (Å²) in [5.41, 5.74) is 1.73. The van der Waals surface area contributed by atoms with Gasteiger partial charge in [-0.3, -0.25) is 13.9 Å². The number of aromatic nitrogens is 2. The number of benzene rings is 1. The van der Waals surface area contributed by atoms with E-state index in [0.717, 1.165) is 61.1 Å². The second-order valence-corrected chi connectivity index (χ2v) is 14.9. The number of amides is 1. The highest BCUT2D eigenvalue weighted by Gasteiger charge is 2.42. The fourth-order valence-electron chi connectivity index (χ4n) is 6.80. The normalized spacial score (nSPS) is 25.7. The number of piperazine rings is 1. The van der Waals surface area contributed by atoms with Crippen LogP contribution in [0.1, 0.15) is 46.0 Å². The van der Waals surface area contributed by atoms with Crippen molar-refractivity contribution < 1.29 is 26.9 Å². The zero-order chi connectivity index (χ0) is 30.3. The number of fused-ring (bicyclic) bond motifs is 3. The number of alkyl halides is 3. The molecule has 4 fully saturated rings. The summed E-state index contributed by atoms with van der Waals surface area (Å²) in [6.45, 7) is 3.14. The minimum atomic E-state index is -4.72. The number of likely N-dealkylation sites (tertiary alicyclic amines) is 1. The number of likely N-dealkylation sites (N-methyl/N-ethyl adjacent to an activating group) is 1. The first-order valence-corrected chi connectivity index (χ1v) is 17.0. The number of rotatable bonds is 6. The van der Waals surface area contributed by atoms with Crippen LogP contribution in [0.25, 0.3) is 10.6 Å². The molecule has 9 nitrogen and oxygen atoms in total. The van der Waals surface area contributed by atoms with Crippen molar-refractivity contribution in [1.29, 1.82) is 0 Å². The minimum absolute atomic E-state index is 0.0359. The lowest BCUT2D eigenvalue weighted by Crippen LogP contribution is -2.52. The van der Waals surface area contributed by atoms with Gasteiger partial charge < -0.3 is 19.9 Å². The molecular weight excluding hydrogens is 613 g/mol. The molecule has 1 aromatic carbocycles. The monoisotopic (exact) mass is 644 g/mol. The van der Waals surface area contributed by atoms with Gasteiger partial charge in [-0.15, -0.1) is 11.3 Å². The molecule has 8 rings (SSSR count). The molecule has 3 atom stereocenters. The van der Waals surface area contributed by atoms with Gasteiger partial charge in [0.25, 0.3) is 5.91 Å². The summed E-state index contributed by atoms with van der Waals surface area (Å²) >= 11 is 0.903. The molecule has 0 spiro atoms. The summed E-state index contributed by atoms with van der Waals surface area (Å²) in [7, 11) is 0.640. The van der Waals surface area contributed by atoms with Crippen molar-refractivity contribution in [3.05, 3.63) is 46.5 Å². The van der Waals surface area contributed by atoms with Gasteiger partial charge in [-0.25, -0.2) is 9.97 Å². The van der Waals surface area contributed by atoms with Crippen LogP contribution < -0.4 is 10.2 Å². The van der Waals surface area contributed by atoms with Crippen LogP contribution in [0.4, 0.5) is 30.5 Å². The highest BCUT2D eigenvalue weighted by atomic mass is 32.2. The topological polar surface area (TPSA) is 90.9 Å². The second kappa shape index (κ2) is 10.5. The van der Waals surface area contributed by atoms with E-state index in [2.05, 4.69) is 44.3 Å². The third-order valence-corrected chi connectivity index (χ3v) is 12.1. The second-order valence-electron chi connectivity index (χ2n) is 12.3. The maximum Gasteiger partial charge on any atom is 0.420 e. The standard InChI is InChI=1S/C30H31F3N6O3S2/c1-37-12-19-8-18(37)13-39(19)17-4-5-23(21(9-17)16-2-3-16)35-29-34-11-22(30(31,32)33)26(36-29)24-10-25-27(43-24)28(40)38(6-7-44(25)41)20-14-42-15-20/h4-5,9-11,16,18-20H,2-3,6-8,12-15H2,1H3,(H,34,35,36). The Morgan fingerprint density at radius 1 is 1.09 bits per heavy atom. The van der Waals surface area contributed by atoms with Crippen molar-refractivity contribution >= 4 is 45.4 Å². The number of carbonyl (C=O) groups is 1. The van der Waals surface area contributed by atoms with Crippen LogP contribution in [0, 0.1) is 0 Å². The number of nitrogens with one attached hydrogen (secondary N) is 1.